The molecule has 0 saturated heterocycles. The fourth-order valence-electron chi connectivity index (χ4n) is 1.74. The van der Waals surface area contributed by atoms with E-state index in [4.69, 9.17) is 10.8 Å². The number of halogens is 1. The van der Waals surface area contributed by atoms with Crippen LogP contribution in [0.25, 0.3) is 11.0 Å². The summed E-state index contributed by atoms with van der Waals surface area (Å²) in [5.41, 5.74) is 5.25. The van der Waals surface area contributed by atoms with Crippen molar-refractivity contribution >= 4 is 32.9 Å². The summed E-state index contributed by atoms with van der Waals surface area (Å²) in [7, 11) is 0. The van der Waals surface area contributed by atoms with Crippen molar-refractivity contribution in [1.82, 2.24) is 9.97 Å². The number of fused-ring (bicyclic) bond motifs is 1. The third-order valence-electron chi connectivity index (χ3n) is 2.63. The molecule has 19 heavy (non-hydrogen) atoms. The van der Waals surface area contributed by atoms with Crippen molar-refractivity contribution in [1.29, 1.82) is 0 Å². The van der Waals surface area contributed by atoms with Crippen LogP contribution in [0.5, 0.6) is 0 Å². The predicted octanol–water partition coefficient (Wildman–Crippen LogP) is -0.0667. The van der Waals surface area contributed by atoms with E-state index >= 15 is 0 Å². The molecule has 2 aromatic rings. The van der Waals surface area contributed by atoms with E-state index in [2.05, 4.69) is 25.9 Å². The van der Waals surface area contributed by atoms with Crippen LogP contribution in [0, 0.1) is 0 Å². The predicted molar refractivity (Wildman–Crippen MR) is 72.2 cm³/mol. The number of carbonyl (C=O) groups is 1. The van der Waals surface area contributed by atoms with Gasteiger partial charge in [-0.15, -0.1) is 0 Å². The molecule has 0 aliphatic heterocycles. The molecular weight excluding hydrogens is 318 g/mol. The van der Waals surface area contributed by atoms with Crippen molar-refractivity contribution in [2.45, 2.75) is 12.5 Å². The van der Waals surface area contributed by atoms with Crippen LogP contribution in [0.2, 0.25) is 0 Å². The lowest BCUT2D eigenvalue weighted by molar-refractivity contribution is -0.138. The quantitative estimate of drug-likeness (QED) is 0.586. The summed E-state index contributed by atoms with van der Waals surface area (Å²) in [6.07, 6.45) is 0.0350. The molecule has 0 radical (unpaired) electrons. The Kier molecular flexibility index (Phi) is 3.54. The third kappa shape index (κ3) is 2.74. The summed E-state index contributed by atoms with van der Waals surface area (Å²) in [5.74, 6) is -1.14. The Labute approximate surface area is 114 Å². The highest BCUT2D eigenvalue weighted by Crippen LogP contribution is 2.21. The first-order valence-electron chi connectivity index (χ1n) is 5.31. The van der Waals surface area contributed by atoms with Gasteiger partial charge in [0.2, 0.25) is 0 Å². The molecule has 1 atom stereocenters. The van der Waals surface area contributed by atoms with Crippen LogP contribution in [-0.4, -0.2) is 27.1 Å². The zero-order chi connectivity index (χ0) is 14.2. The Hall–Kier alpha value is -1.93. The van der Waals surface area contributed by atoms with Gasteiger partial charge in [0.15, 0.2) is 0 Å². The van der Waals surface area contributed by atoms with E-state index in [-0.39, 0.29) is 6.42 Å². The van der Waals surface area contributed by atoms with Gasteiger partial charge < -0.3 is 20.8 Å². The summed E-state index contributed by atoms with van der Waals surface area (Å²) in [6.45, 7) is 0. The van der Waals surface area contributed by atoms with E-state index in [0.717, 1.165) is 0 Å². The van der Waals surface area contributed by atoms with E-state index in [1.54, 1.807) is 12.1 Å². The molecule has 2 rings (SSSR count). The summed E-state index contributed by atoms with van der Waals surface area (Å²) in [4.78, 5) is 38.2. The molecule has 5 N–H and O–H groups in total. The van der Waals surface area contributed by atoms with Crippen LogP contribution in [-0.2, 0) is 11.2 Å². The van der Waals surface area contributed by atoms with Crippen molar-refractivity contribution in [2.24, 2.45) is 5.73 Å². The van der Waals surface area contributed by atoms with Crippen molar-refractivity contribution in [3.8, 4) is 0 Å². The van der Waals surface area contributed by atoms with Gasteiger partial charge in [-0.05, 0) is 17.7 Å². The number of aromatic amines is 2. The first-order valence-corrected chi connectivity index (χ1v) is 6.11. The van der Waals surface area contributed by atoms with Crippen LogP contribution in [0.4, 0.5) is 0 Å². The van der Waals surface area contributed by atoms with E-state index in [9.17, 15) is 14.4 Å². The van der Waals surface area contributed by atoms with E-state index in [0.29, 0.717) is 21.1 Å². The Morgan fingerprint density at radius 3 is 2.58 bits per heavy atom. The average molecular weight is 328 g/mol. The molecule has 8 heteroatoms. The van der Waals surface area contributed by atoms with Crippen LogP contribution >= 0.6 is 15.9 Å². The molecule has 0 saturated carbocycles. The lowest BCUT2D eigenvalue weighted by Gasteiger charge is -2.10. The molecular formula is C11H10BrN3O4. The maximum atomic E-state index is 11.3. The smallest absolute Gasteiger partial charge is 0.320 e. The molecule has 100 valence electrons. The van der Waals surface area contributed by atoms with Gasteiger partial charge >= 0.3 is 17.1 Å². The van der Waals surface area contributed by atoms with Crippen molar-refractivity contribution < 1.29 is 9.90 Å². The normalized spacial score (nSPS) is 12.5. The summed E-state index contributed by atoms with van der Waals surface area (Å²) >= 11 is 3.25. The second kappa shape index (κ2) is 4.98. The lowest BCUT2D eigenvalue weighted by Crippen LogP contribution is -2.33. The monoisotopic (exact) mass is 327 g/mol. The molecule has 1 aromatic carbocycles. The number of nitrogens with one attached hydrogen (secondary N) is 2. The third-order valence-corrected chi connectivity index (χ3v) is 3.09. The molecule has 1 unspecified atom stereocenters. The zero-order valence-corrected chi connectivity index (χ0v) is 11.2. The highest BCUT2D eigenvalue weighted by atomic mass is 79.9. The molecule has 1 heterocycles. The number of carboxylic acid groups (broad SMARTS) is 1. The highest BCUT2D eigenvalue weighted by Gasteiger charge is 2.15. The Balaban J connectivity index is 2.66. The Bertz CT molecular complexity index is 765. The van der Waals surface area contributed by atoms with Crippen LogP contribution < -0.4 is 16.9 Å². The molecule has 0 fully saturated rings. The Morgan fingerprint density at radius 1 is 1.32 bits per heavy atom. The fraction of sp³-hybridized carbons (Fsp3) is 0.182. The van der Waals surface area contributed by atoms with E-state index in [1.165, 1.54) is 0 Å². The van der Waals surface area contributed by atoms with Gasteiger partial charge in [-0.25, -0.2) is 0 Å². The number of nitrogens with two attached hydrogens (primary N) is 1. The topological polar surface area (TPSA) is 129 Å². The summed E-state index contributed by atoms with van der Waals surface area (Å²) in [6, 6.07) is 2.18. The molecule has 0 spiro atoms. The van der Waals surface area contributed by atoms with Crippen molar-refractivity contribution in [3.05, 3.63) is 42.9 Å². The first kappa shape index (κ1) is 13.5. The minimum Gasteiger partial charge on any atom is -0.480 e. The number of aliphatic carboxylic acids is 1. The van der Waals surface area contributed by atoms with Gasteiger partial charge in [0.1, 0.15) is 6.04 Å². The van der Waals surface area contributed by atoms with Crippen LogP contribution in [0.1, 0.15) is 5.56 Å². The van der Waals surface area contributed by atoms with Gasteiger partial charge in [-0.1, -0.05) is 15.9 Å². The van der Waals surface area contributed by atoms with Gasteiger partial charge in [0.25, 0.3) is 0 Å². The van der Waals surface area contributed by atoms with Gasteiger partial charge in [-0.3, -0.25) is 14.4 Å². The number of H-pyrrole nitrogens is 2. The second-order valence-electron chi connectivity index (χ2n) is 4.04. The molecule has 0 aliphatic carbocycles. The minimum atomic E-state index is -1.14. The second-order valence-corrected chi connectivity index (χ2v) is 4.96. The first-order chi connectivity index (χ1) is 8.88. The number of rotatable bonds is 3. The number of hydrogen-bond acceptors (Lipinski definition) is 4. The van der Waals surface area contributed by atoms with E-state index < -0.39 is 23.1 Å². The number of hydrogen-bond donors (Lipinski definition) is 4. The van der Waals surface area contributed by atoms with Crippen LogP contribution in [0.15, 0.2) is 26.2 Å². The standard InChI is InChI=1S/C11H10BrN3O4/c12-5-1-4(2-6(13)11(18)19)8-7(3-5)14-9(16)10(17)15-8/h1,3,6H,2,13H2,(H,14,16)(H,15,17)(H,18,19). The number of carboxylic acids is 1. The summed E-state index contributed by atoms with van der Waals surface area (Å²) < 4.78 is 0.648. The maximum Gasteiger partial charge on any atom is 0.320 e. The van der Waals surface area contributed by atoms with Crippen LogP contribution in [0.3, 0.4) is 0 Å². The molecule has 0 aliphatic rings. The summed E-state index contributed by atoms with van der Waals surface area (Å²) in [5, 5.41) is 8.82. The SMILES string of the molecule is NC(Cc1cc(Br)cc2[nH]c(=O)c(=O)[nH]c12)C(=O)O. The highest BCUT2D eigenvalue weighted by molar-refractivity contribution is 9.10. The zero-order valence-electron chi connectivity index (χ0n) is 9.57. The molecule has 0 bridgehead atoms. The number of benzene rings is 1. The van der Waals surface area contributed by atoms with Gasteiger partial charge in [0, 0.05) is 10.9 Å². The minimum absolute atomic E-state index is 0.0350. The van der Waals surface area contributed by atoms with Gasteiger partial charge in [0.05, 0.1) is 11.0 Å². The molecule has 1 aromatic heterocycles. The number of aromatic nitrogens is 2. The largest absolute Gasteiger partial charge is 0.480 e. The Morgan fingerprint density at radius 2 is 1.95 bits per heavy atom. The molecule has 0 amide bonds. The average Bonchev–Trinajstić information content (AvgIpc) is 2.31. The maximum absolute atomic E-state index is 11.3. The van der Waals surface area contributed by atoms with Crippen molar-refractivity contribution in [2.75, 3.05) is 0 Å². The van der Waals surface area contributed by atoms with Crippen molar-refractivity contribution in [3.63, 3.8) is 0 Å². The fourth-order valence-corrected chi connectivity index (χ4v) is 2.25. The van der Waals surface area contributed by atoms with E-state index in [1.807, 2.05) is 0 Å². The van der Waals surface area contributed by atoms with Gasteiger partial charge in [-0.2, -0.15) is 0 Å². The lowest BCUT2D eigenvalue weighted by atomic mass is 10.0. The molecule has 7 nitrogen and oxygen atoms in total.